The van der Waals surface area contributed by atoms with Gasteiger partial charge in [-0.2, -0.15) is 0 Å². The number of hydrogen-bond donors (Lipinski definition) is 1. The Morgan fingerprint density at radius 3 is 2.62 bits per heavy atom. The van der Waals surface area contributed by atoms with E-state index in [-0.39, 0.29) is 30.0 Å². The number of thiophene rings is 1. The number of esters is 1. The van der Waals surface area contributed by atoms with E-state index in [4.69, 9.17) is 4.74 Å². The summed E-state index contributed by atoms with van der Waals surface area (Å²) in [5.41, 5.74) is 0.947. The van der Waals surface area contributed by atoms with Crippen LogP contribution in [-0.2, 0) is 27.2 Å². The third-order valence-electron chi connectivity index (χ3n) is 3.98. The molecule has 1 aromatic heterocycles. The number of carbonyl (C=O) groups excluding carboxylic acids is 2. The average Bonchev–Trinajstić information content (AvgIpc) is 3.06. The van der Waals surface area contributed by atoms with Crippen LogP contribution in [0.2, 0.25) is 0 Å². The van der Waals surface area contributed by atoms with Crippen molar-refractivity contribution in [2.24, 2.45) is 0 Å². The van der Waals surface area contributed by atoms with E-state index < -0.39 is 12.1 Å². The molecule has 24 heavy (non-hydrogen) atoms. The summed E-state index contributed by atoms with van der Waals surface area (Å²) in [7, 11) is 0. The largest absolute Gasteiger partial charge is 0.511 e. The monoisotopic (exact) mass is 342 g/mol. The van der Waals surface area contributed by atoms with Gasteiger partial charge < -0.3 is 9.84 Å². The van der Waals surface area contributed by atoms with Gasteiger partial charge in [0, 0.05) is 17.7 Å². The number of Topliss-reactive ketones (excluding diaryl/α,β-unsaturated/α-hetero) is 1. The summed E-state index contributed by atoms with van der Waals surface area (Å²) in [6.45, 7) is 0. The maximum atomic E-state index is 12.3. The van der Waals surface area contributed by atoms with Crippen molar-refractivity contribution >= 4 is 23.1 Å². The van der Waals surface area contributed by atoms with Crippen molar-refractivity contribution < 1.29 is 19.4 Å². The van der Waals surface area contributed by atoms with Crippen LogP contribution < -0.4 is 0 Å². The quantitative estimate of drug-likeness (QED) is 0.390. The maximum Gasteiger partial charge on any atom is 0.345 e. The van der Waals surface area contributed by atoms with E-state index in [1.165, 1.54) is 11.3 Å². The van der Waals surface area contributed by atoms with E-state index in [2.05, 4.69) is 0 Å². The SMILES string of the molecule is O=C1CC(CCc2ccccc2)OC(=O)C1=C(O)Cc1cccs1. The number of benzene rings is 1. The number of aliphatic hydroxyl groups excluding tert-OH is 1. The molecule has 1 atom stereocenters. The van der Waals surface area contributed by atoms with Crippen LogP contribution in [-0.4, -0.2) is 23.0 Å². The number of ether oxygens (including phenoxy) is 1. The van der Waals surface area contributed by atoms with Crippen molar-refractivity contribution in [2.45, 2.75) is 31.8 Å². The summed E-state index contributed by atoms with van der Waals surface area (Å²) in [4.78, 5) is 25.3. The van der Waals surface area contributed by atoms with E-state index in [1.54, 1.807) is 0 Å². The molecule has 1 aliphatic rings. The van der Waals surface area contributed by atoms with Crippen molar-refractivity contribution in [3.05, 3.63) is 69.6 Å². The van der Waals surface area contributed by atoms with Gasteiger partial charge in [0.2, 0.25) is 0 Å². The molecule has 1 unspecified atom stereocenters. The molecule has 0 saturated carbocycles. The minimum atomic E-state index is -0.710. The highest BCUT2D eigenvalue weighted by molar-refractivity contribution is 7.09. The van der Waals surface area contributed by atoms with E-state index >= 15 is 0 Å². The lowest BCUT2D eigenvalue weighted by Crippen LogP contribution is -2.33. The summed E-state index contributed by atoms with van der Waals surface area (Å²) >= 11 is 1.47. The van der Waals surface area contributed by atoms with Crippen LogP contribution in [0.4, 0.5) is 0 Å². The van der Waals surface area contributed by atoms with Gasteiger partial charge in [-0.3, -0.25) is 4.79 Å². The molecular weight excluding hydrogens is 324 g/mol. The summed E-state index contributed by atoms with van der Waals surface area (Å²) in [5, 5.41) is 12.0. The van der Waals surface area contributed by atoms with E-state index in [0.717, 1.165) is 16.9 Å². The van der Waals surface area contributed by atoms with E-state index in [0.29, 0.717) is 6.42 Å². The second-order valence-electron chi connectivity index (χ2n) is 5.76. The van der Waals surface area contributed by atoms with Gasteiger partial charge in [-0.15, -0.1) is 11.3 Å². The van der Waals surface area contributed by atoms with Crippen molar-refractivity contribution in [3.63, 3.8) is 0 Å². The number of aryl methyl sites for hydroxylation is 1. The molecule has 2 heterocycles. The molecule has 0 radical (unpaired) electrons. The Morgan fingerprint density at radius 1 is 1.17 bits per heavy atom. The van der Waals surface area contributed by atoms with Gasteiger partial charge in [-0.25, -0.2) is 4.79 Å². The smallest absolute Gasteiger partial charge is 0.345 e. The molecule has 2 aromatic rings. The Morgan fingerprint density at radius 2 is 1.96 bits per heavy atom. The number of allylic oxidation sites excluding steroid dienone is 1. The second kappa shape index (κ2) is 7.45. The van der Waals surface area contributed by atoms with Gasteiger partial charge in [-0.1, -0.05) is 36.4 Å². The van der Waals surface area contributed by atoms with Crippen LogP contribution in [0.5, 0.6) is 0 Å². The Kier molecular flexibility index (Phi) is 5.11. The van der Waals surface area contributed by atoms with Crippen LogP contribution in [0.15, 0.2) is 59.2 Å². The molecule has 0 amide bonds. The van der Waals surface area contributed by atoms with Crippen LogP contribution in [0, 0.1) is 0 Å². The highest BCUT2D eigenvalue weighted by Gasteiger charge is 2.34. The lowest BCUT2D eigenvalue weighted by molar-refractivity contribution is -0.151. The Hall–Kier alpha value is -2.40. The molecule has 5 heteroatoms. The fourth-order valence-electron chi connectivity index (χ4n) is 2.75. The molecule has 4 nitrogen and oxygen atoms in total. The Balaban J connectivity index is 1.64. The summed E-state index contributed by atoms with van der Waals surface area (Å²) in [6, 6.07) is 13.6. The number of carbonyl (C=O) groups is 2. The zero-order chi connectivity index (χ0) is 16.9. The highest BCUT2D eigenvalue weighted by Crippen LogP contribution is 2.24. The first kappa shape index (κ1) is 16.5. The zero-order valence-electron chi connectivity index (χ0n) is 13.1. The molecule has 0 aliphatic carbocycles. The minimum absolute atomic E-state index is 0.127. The van der Waals surface area contributed by atoms with Gasteiger partial charge >= 0.3 is 5.97 Å². The average molecular weight is 342 g/mol. The molecule has 1 saturated heterocycles. The highest BCUT2D eigenvalue weighted by atomic mass is 32.1. The first-order valence-electron chi connectivity index (χ1n) is 7.86. The van der Waals surface area contributed by atoms with Crippen LogP contribution in [0.1, 0.15) is 23.3 Å². The predicted molar refractivity (Wildman–Crippen MR) is 91.9 cm³/mol. The van der Waals surface area contributed by atoms with Crippen LogP contribution in [0.25, 0.3) is 0 Å². The minimum Gasteiger partial charge on any atom is -0.511 e. The third-order valence-corrected chi connectivity index (χ3v) is 4.85. The van der Waals surface area contributed by atoms with Crippen molar-refractivity contribution in [2.75, 3.05) is 0 Å². The second-order valence-corrected chi connectivity index (χ2v) is 6.79. The maximum absolute atomic E-state index is 12.3. The van der Waals surface area contributed by atoms with Gasteiger partial charge in [0.25, 0.3) is 0 Å². The Labute approximate surface area is 144 Å². The fourth-order valence-corrected chi connectivity index (χ4v) is 3.46. The zero-order valence-corrected chi connectivity index (χ0v) is 13.9. The lowest BCUT2D eigenvalue weighted by atomic mass is 9.96. The van der Waals surface area contributed by atoms with Crippen molar-refractivity contribution in [1.29, 1.82) is 0 Å². The molecule has 124 valence electrons. The standard InChI is InChI=1S/C19H18O4S/c20-16-11-14(9-8-13-5-2-1-3-6-13)23-19(22)18(16)17(21)12-15-7-4-10-24-15/h1-7,10,14,21H,8-9,11-12H2. The fraction of sp³-hybridized carbons (Fsp3) is 0.263. The van der Waals surface area contributed by atoms with E-state index in [1.807, 2.05) is 47.8 Å². The molecule has 1 aliphatic heterocycles. The van der Waals surface area contributed by atoms with Crippen LogP contribution in [0.3, 0.4) is 0 Å². The topological polar surface area (TPSA) is 63.6 Å². The summed E-state index contributed by atoms with van der Waals surface area (Å²) in [5.74, 6) is -1.24. The molecule has 1 aromatic carbocycles. The van der Waals surface area contributed by atoms with E-state index in [9.17, 15) is 14.7 Å². The molecule has 1 N–H and O–H groups in total. The number of ketones is 1. The molecule has 3 rings (SSSR count). The number of hydrogen-bond acceptors (Lipinski definition) is 5. The van der Waals surface area contributed by atoms with Crippen molar-refractivity contribution in [3.8, 4) is 0 Å². The molecule has 0 bridgehead atoms. The van der Waals surface area contributed by atoms with Gasteiger partial charge in [0.15, 0.2) is 5.78 Å². The normalized spacial score (nSPS) is 19.9. The van der Waals surface area contributed by atoms with Gasteiger partial charge in [0.05, 0.1) is 0 Å². The number of aliphatic hydroxyl groups is 1. The Bertz CT molecular complexity index is 727. The molecule has 0 spiro atoms. The summed E-state index contributed by atoms with van der Waals surface area (Å²) < 4.78 is 5.36. The first-order chi connectivity index (χ1) is 11.6. The van der Waals surface area contributed by atoms with Crippen molar-refractivity contribution in [1.82, 2.24) is 0 Å². The summed E-state index contributed by atoms with van der Waals surface area (Å²) in [6.07, 6.45) is 1.22. The number of cyclic esters (lactones) is 1. The molecular formula is C19H18O4S. The molecule has 1 fully saturated rings. The first-order valence-corrected chi connectivity index (χ1v) is 8.74. The van der Waals surface area contributed by atoms with Gasteiger partial charge in [-0.05, 0) is 29.9 Å². The predicted octanol–water partition coefficient (Wildman–Crippen LogP) is 3.62. The van der Waals surface area contributed by atoms with Crippen LogP contribution >= 0.6 is 11.3 Å². The number of rotatable bonds is 5. The van der Waals surface area contributed by atoms with Gasteiger partial charge in [0.1, 0.15) is 17.4 Å². The third kappa shape index (κ3) is 3.92. The lowest BCUT2D eigenvalue weighted by Gasteiger charge is -2.23.